The van der Waals surface area contributed by atoms with E-state index in [2.05, 4.69) is 12.1 Å². The molecular formula is C21H27NO4. The average Bonchev–Trinajstić information content (AvgIpc) is 3.46. The number of ketones is 1. The summed E-state index contributed by atoms with van der Waals surface area (Å²) in [6.07, 6.45) is 4.02. The molecule has 2 fully saturated rings. The van der Waals surface area contributed by atoms with Crippen LogP contribution >= 0.6 is 0 Å². The molecule has 0 N–H and O–H groups in total. The van der Waals surface area contributed by atoms with Crippen molar-refractivity contribution in [3.8, 4) is 0 Å². The van der Waals surface area contributed by atoms with E-state index in [-0.39, 0.29) is 24.1 Å². The minimum atomic E-state index is -0.775. The highest BCUT2D eigenvalue weighted by Crippen LogP contribution is 2.40. The first-order valence-electron chi connectivity index (χ1n) is 9.38. The largest absolute Gasteiger partial charge is 0.469 e. The van der Waals surface area contributed by atoms with Crippen molar-refractivity contribution >= 4 is 17.7 Å². The Balaban J connectivity index is 1.61. The van der Waals surface area contributed by atoms with E-state index >= 15 is 0 Å². The molecule has 0 unspecified atom stereocenters. The minimum Gasteiger partial charge on any atom is -0.469 e. The molecule has 1 aromatic carbocycles. The third-order valence-corrected chi connectivity index (χ3v) is 5.63. The Morgan fingerprint density at radius 2 is 1.88 bits per heavy atom. The molecule has 1 saturated heterocycles. The lowest BCUT2D eigenvalue weighted by molar-refractivity contribution is -0.159. The van der Waals surface area contributed by atoms with Crippen molar-refractivity contribution in [2.45, 2.75) is 51.4 Å². The molecule has 3 rings (SSSR count). The van der Waals surface area contributed by atoms with Gasteiger partial charge in [0.25, 0.3) is 0 Å². The maximum absolute atomic E-state index is 12.7. The first-order chi connectivity index (χ1) is 12.4. The number of nitrogens with zero attached hydrogens (tertiary/aromatic N) is 1. The van der Waals surface area contributed by atoms with Crippen molar-refractivity contribution in [1.29, 1.82) is 0 Å². The van der Waals surface area contributed by atoms with Gasteiger partial charge in [-0.1, -0.05) is 24.3 Å². The van der Waals surface area contributed by atoms with E-state index in [0.29, 0.717) is 38.3 Å². The van der Waals surface area contributed by atoms with Gasteiger partial charge in [0.2, 0.25) is 5.91 Å². The molecule has 1 heterocycles. The number of likely N-dealkylation sites (tertiary alicyclic amines) is 1. The van der Waals surface area contributed by atoms with Gasteiger partial charge < -0.3 is 9.64 Å². The molecule has 140 valence electrons. The van der Waals surface area contributed by atoms with Gasteiger partial charge in [-0.25, -0.2) is 0 Å². The van der Waals surface area contributed by atoms with E-state index in [4.69, 9.17) is 4.74 Å². The van der Waals surface area contributed by atoms with E-state index in [1.54, 1.807) is 0 Å². The molecule has 0 atom stereocenters. The Hall–Kier alpha value is -2.17. The summed E-state index contributed by atoms with van der Waals surface area (Å²) in [5.41, 5.74) is 1.61. The summed E-state index contributed by atoms with van der Waals surface area (Å²) in [5, 5.41) is 0. The molecule has 0 radical (unpaired) electrons. The summed E-state index contributed by atoms with van der Waals surface area (Å²) in [4.78, 5) is 38.3. The fourth-order valence-corrected chi connectivity index (χ4v) is 3.99. The van der Waals surface area contributed by atoms with Crippen LogP contribution < -0.4 is 0 Å². The van der Waals surface area contributed by atoms with Crippen LogP contribution in [0.25, 0.3) is 0 Å². The molecule has 1 saturated carbocycles. The van der Waals surface area contributed by atoms with Crippen molar-refractivity contribution in [2.24, 2.45) is 5.41 Å². The Labute approximate surface area is 154 Å². The summed E-state index contributed by atoms with van der Waals surface area (Å²) in [5.74, 6) is 0.399. The van der Waals surface area contributed by atoms with Crippen LogP contribution in [0.15, 0.2) is 24.3 Å². The summed E-state index contributed by atoms with van der Waals surface area (Å²) in [6.45, 7) is 2.47. The SMILES string of the molecule is COC(=O)C1(CC(C)=O)CCN(C(=O)Cc2cccc(C3CC3)c2)CC1. The fraction of sp³-hybridized carbons (Fsp3) is 0.571. The maximum Gasteiger partial charge on any atom is 0.312 e. The van der Waals surface area contributed by atoms with Crippen LogP contribution in [0.5, 0.6) is 0 Å². The summed E-state index contributed by atoms with van der Waals surface area (Å²) in [7, 11) is 1.36. The molecule has 5 heteroatoms. The Morgan fingerprint density at radius 1 is 1.19 bits per heavy atom. The van der Waals surface area contributed by atoms with E-state index in [9.17, 15) is 14.4 Å². The number of hydrogen-bond acceptors (Lipinski definition) is 4. The molecule has 2 aliphatic rings. The van der Waals surface area contributed by atoms with Crippen molar-refractivity contribution in [3.05, 3.63) is 35.4 Å². The van der Waals surface area contributed by atoms with Crippen LogP contribution in [-0.2, 0) is 25.5 Å². The summed E-state index contributed by atoms with van der Waals surface area (Å²) < 4.78 is 4.93. The number of rotatable bonds is 6. The van der Waals surface area contributed by atoms with Crippen molar-refractivity contribution in [3.63, 3.8) is 0 Å². The van der Waals surface area contributed by atoms with Gasteiger partial charge in [0.05, 0.1) is 18.9 Å². The number of ether oxygens (including phenoxy) is 1. The van der Waals surface area contributed by atoms with Crippen LogP contribution in [0.2, 0.25) is 0 Å². The molecule has 5 nitrogen and oxygen atoms in total. The molecular weight excluding hydrogens is 330 g/mol. The second-order valence-electron chi connectivity index (χ2n) is 7.73. The normalized spacial score (nSPS) is 19.1. The number of piperidine rings is 1. The average molecular weight is 357 g/mol. The standard InChI is InChI=1S/C21H27NO4/c1-15(23)14-21(20(25)26-2)8-10-22(11-9-21)19(24)13-16-4-3-5-18(12-16)17-6-7-17/h3-5,12,17H,6-11,13-14H2,1-2H3. The highest BCUT2D eigenvalue weighted by molar-refractivity contribution is 5.86. The monoisotopic (exact) mass is 357 g/mol. The van der Waals surface area contributed by atoms with Gasteiger partial charge >= 0.3 is 5.97 Å². The minimum absolute atomic E-state index is 0.0212. The van der Waals surface area contributed by atoms with Crippen molar-refractivity contribution in [2.75, 3.05) is 20.2 Å². The number of Topliss-reactive ketones (excluding diaryl/α,β-unsaturated/α-hetero) is 1. The summed E-state index contributed by atoms with van der Waals surface area (Å²) in [6, 6.07) is 8.32. The third kappa shape index (κ3) is 4.14. The zero-order chi connectivity index (χ0) is 18.7. The first kappa shape index (κ1) is 18.6. The molecule has 1 aliphatic carbocycles. The van der Waals surface area contributed by atoms with Crippen LogP contribution in [0.1, 0.15) is 56.1 Å². The predicted octanol–water partition coefficient (Wildman–Crippen LogP) is 2.87. The maximum atomic E-state index is 12.7. The molecule has 0 spiro atoms. The Morgan fingerprint density at radius 3 is 2.46 bits per heavy atom. The van der Waals surface area contributed by atoms with Crippen LogP contribution in [0.4, 0.5) is 0 Å². The zero-order valence-electron chi connectivity index (χ0n) is 15.6. The zero-order valence-corrected chi connectivity index (χ0v) is 15.6. The second-order valence-corrected chi connectivity index (χ2v) is 7.73. The highest BCUT2D eigenvalue weighted by atomic mass is 16.5. The molecule has 0 bridgehead atoms. The van der Waals surface area contributed by atoms with E-state index in [1.165, 1.54) is 32.4 Å². The molecule has 1 aliphatic heterocycles. The van der Waals surface area contributed by atoms with E-state index < -0.39 is 5.41 Å². The molecule has 0 aromatic heterocycles. The predicted molar refractivity (Wildman–Crippen MR) is 97.7 cm³/mol. The number of amides is 1. The first-order valence-corrected chi connectivity index (χ1v) is 9.38. The quantitative estimate of drug-likeness (QED) is 0.735. The second kappa shape index (κ2) is 7.60. The number of carbonyl (C=O) groups is 3. The third-order valence-electron chi connectivity index (χ3n) is 5.63. The fourth-order valence-electron chi connectivity index (χ4n) is 3.99. The van der Waals surface area contributed by atoms with Crippen molar-refractivity contribution < 1.29 is 19.1 Å². The Bertz CT molecular complexity index is 700. The number of esters is 1. The van der Waals surface area contributed by atoms with Crippen molar-refractivity contribution in [1.82, 2.24) is 4.90 Å². The number of methoxy groups -OCH3 is 1. The van der Waals surface area contributed by atoms with Gasteiger partial charge in [-0.15, -0.1) is 0 Å². The van der Waals surface area contributed by atoms with Crippen LogP contribution in [-0.4, -0.2) is 42.8 Å². The smallest absolute Gasteiger partial charge is 0.312 e. The van der Waals surface area contributed by atoms with Gasteiger partial charge in [0.1, 0.15) is 5.78 Å². The van der Waals surface area contributed by atoms with Gasteiger partial charge in [0, 0.05) is 19.5 Å². The van der Waals surface area contributed by atoms with Gasteiger partial charge in [0.15, 0.2) is 0 Å². The number of hydrogen-bond donors (Lipinski definition) is 0. The van der Waals surface area contributed by atoms with Crippen LogP contribution in [0, 0.1) is 5.41 Å². The van der Waals surface area contributed by atoms with Gasteiger partial charge in [-0.2, -0.15) is 0 Å². The molecule has 1 aromatic rings. The lowest BCUT2D eigenvalue weighted by Gasteiger charge is -2.39. The molecule has 26 heavy (non-hydrogen) atoms. The lowest BCUT2D eigenvalue weighted by Crippen LogP contribution is -2.48. The van der Waals surface area contributed by atoms with Crippen LogP contribution in [0.3, 0.4) is 0 Å². The highest BCUT2D eigenvalue weighted by Gasteiger charge is 2.44. The number of benzene rings is 1. The van der Waals surface area contributed by atoms with E-state index in [1.807, 2.05) is 17.0 Å². The van der Waals surface area contributed by atoms with Gasteiger partial charge in [-0.3, -0.25) is 14.4 Å². The lowest BCUT2D eigenvalue weighted by atomic mass is 9.74. The summed E-state index contributed by atoms with van der Waals surface area (Å²) >= 11 is 0. The Kier molecular flexibility index (Phi) is 5.44. The molecule has 1 amide bonds. The number of carbonyl (C=O) groups excluding carboxylic acids is 3. The topological polar surface area (TPSA) is 63.7 Å². The van der Waals surface area contributed by atoms with E-state index in [0.717, 1.165) is 5.56 Å². The van der Waals surface area contributed by atoms with Gasteiger partial charge in [-0.05, 0) is 49.7 Å².